The normalized spacial score (nSPS) is 11.2. The Labute approximate surface area is 208 Å². The lowest BCUT2D eigenvalue weighted by Gasteiger charge is -2.21. The predicted octanol–water partition coefficient (Wildman–Crippen LogP) is 5.86. The number of pyridine rings is 1. The van der Waals surface area contributed by atoms with Crippen molar-refractivity contribution in [3.63, 3.8) is 0 Å². The van der Waals surface area contributed by atoms with Crippen molar-refractivity contribution in [2.45, 2.75) is 19.6 Å². The summed E-state index contributed by atoms with van der Waals surface area (Å²) in [6, 6.07) is 31.6. The Morgan fingerprint density at radius 3 is 1.80 bits per heavy atom. The Kier molecular flexibility index (Phi) is 8.68. The molecule has 0 atom stereocenters. The number of hydrogen-bond donors (Lipinski definition) is 0. The molecule has 0 bridgehead atoms. The van der Waals surface area contributed by atoms with Crippen LogP contribution in [0.1, 0.15) is 22.3 Å². The Bertz CT molecular complexity index is 1160. The van der Waals surface area contributed by atoms with Crippen LogP contribution in [0.25, 0.3) is 12.2 Å². The second kappa shape index (κ2) is 12.5. The third-order valence-corrected chi connectivity index (χ3v) is 5.97. The lowest BCUT2D eigenvalue weighted by molar-refractivity contribution is -0.696. The fourth-order valence-corrected chi connectivity index (χ4v) is 4.03. The molecule has 0 amide bonds. The molecule has 0 unspecified atom stereocenters. The molecule has 0 spiro atoms. The maximum absolute atomic E-state index is 5.40. The highest BCUT2D eigenvalue weighted by molar-refractivity contribution is 5.70. The van der Waals surface area contributed by atoms with Gasteiger partial charge in [-0.25, -0.2) is 4.57 Å². The summed E-state index contributed by atoms with van der Waals surface area (Å²) in [5, 5.41) is 0. The quantitative estimate of drug-likeness (QED) is 0.259. The first kappa shape index (κ1) is 24.2. The first-order valence-electron chi connectivity index (χ1n) is 11.9. The maximum atomic E-state index is 5.40. The van der Waals surface area contributed by atoms with Gasteiger partial charge >= 0.3 is 0 Å². The average Bonchev–Trinajstić information content (AvgIpc) is 2.92. The minimum Gasteiger partial charge on any atom is -0.493 e. The van der Waals surface area contributed by atoms with Crippen LogP contribution in [0.15, 0.2) is 103 Å². The first-order chi connectivity index (χ1) is 17.2. The van der Waals surface area contributed by atoms with Crippen molar-refractivity contribution >= 4 is 12.2 Å². The molecule has 0 saturated heterocycles. The van der Waals surface area contributed by atoms with Crippen molar-refractivity contribution in [2.24, 2.45) is 0 Å². The van der Waals surface area contributed by atoms with Crippen LogP contribution in [0, 0.1) is 0 Å². The number of rotatable bonds is 11. The molecule has 0 radical (unpaired) electrons. The van der Waals surface area contributed by atoms with Crippen molar-refractivity contribution in [1.82, 2.24) is 4.90 Å². The number of benzene rings is 3. The van der Waals surface area contributed by atoms with Gasteiger partial charge in [0.25, 0.3) is 0 Å². The second-order valence-corrected chi connectivity index (χ2v) is 8.50. The molecule has 0 aliphatic rings. The van der Waals surface area contributed by atoms with Gasteiger partial charge in [-0.1, -0.05) is 78.9 Å². The Hall–Kier alpha value is -3.89. The molecule has 4 aromatic rings. The topological polar surface area (TPSA) is 25.6 Å². The summed E-state index contributed by atoms with van der Waals surface area (Å²) < 4.78 is 13.0. The van der Waals surface area contributed by atoms with Gasteiger partial charge in [0.05, 0.1) is 20.8 Å². The van der Waals surface area contributed by atoms with Gasteiger partial charge < -0.3 is 9.47 Å². The van der Waals surface area contributed by atoms with Crippen molar-refractivity contribution in [1.29, 1.82) is 0 Å². The van der Waals surface area contributed by atoms with Crippen molar-refractivity contribution in [2.75, 3.05) is 20.8 Å². The van der Waals surface area contributed by atoms with Crippen LogP contribution in [0.5, 0.6) is 11.5 Å². The monoisotopic (exact) mass is 465 g/mol. The van der Waals surface area contributed by atoms with E-state index in [4.69, 9.17) is 9.47 Å². The van der Waals surface area contributed by atoms with Gasteiger partial charge in [0, 0.05) is 25.2 Å². The van der Waals surface area contributed by atoms with Gasteiger partial charge in [-0.2, -0.15) is 0 Å². The third-order valence-electron chi connectivity index (χ3n) is 5.97. The van der Waals surface area contributed by atoms with E-state index in [1.165, 1.54) is 11.1 Å². The molecule has 0 fully saturated rings. The summed E-state index contributed by atoms with van der Waals surface area (Å²) in [5.74, 6) is 1.47. The highest BCUT2D eigenvalue weighted by Crippen LogP contribution is 2.28. The Morgan fingerprint density at radius 2 is 1.23 bits per heavy atom. The van der Waals surface area contributed by atoms with Crippen molar-refractivity contribution < 1.29 is 14.0 Å². The maximum Gasteiger partial charge on any atom is 0.169 e. The molecule has 4 nitrogen and oxygen atoms in total. The zero-order chi connectivity index (χ0) is 24.3. The predicted molar refractivity (Wildman–Crippen MR) is 142 cm³/mol. The van der Waals surface area contributed by atoms with E-state index >= 15 is 0 Å². The number of ether oxygens (including phenoxy) is 2. The van der Waals surface area contributed by atoms with Crippen LogP contribution in [0.2, 0.25) is 0 Å². The smallest absolute Gasteiger partial charge is 0.169 e. The SMILES string of the molecule is COc1ccc(C=Cc2cc[n+](CCN(Cc3ccccc3)Cc3ccccc3)cc2)cc1OC. The minimum absolute atomic E-state index is 0.733. The fourth-order valence-electron chi connectivity index (χ4n) is 4.03. The molecule has 0 saturated carbocycles. The molecular formula is C31H33N2O2+. The van der Waals surface area contributed by atoms with Crippen LogP contribution in [0.4, 0.5) is 0 Å². The molecule has 0 N–H and O–H groups in total. The number of methoxy groups -OCH3 is 2. The van der Waals surface area contributed by atoms with Gasteiger partial charge in [-0.05, 0) is 34.4 Å². The van der Waals surface area contributed by atoms with Crippen LogP contribution in [0.3, 0.4) is 0 Å². The van der Waals surface area contributed by atoms with Gasteiger partial charge in [0.2, 0.25) is 0 Å². The lowest BCUT2D eigenvalue weighted by atomic mass is 10.1. The first-order valence-corrected chi connectivity index (χ1v) is 11.9. The molecular weight excluding hydrogens is 432 g/mol. The van der Waals surface area contributed by atoms with E-state index in [-0.39, 0.29) is 0 Å². The van der Waals surface area contributed by atoms with Gasteiger partial charge in [0.1, 0.15) is 0 Å². The summed E-state index contributed by atoms with van der Waals surface area (Å²) in [6.07, 6.45) is 8.50. The van der Waals surface area contributed by atoms with Gasteiger partial charge in [0.15, 0.2) is 30.4 Å². The molecule has 3 aromatic carbocycles. The summed E-state index contributed by atoms with van der Waals surface area (Å²) in [4.78, 5) is 2.50. The Morgan fingerprint density at radius 1 is 0.657 bits per heavy atom. The zero-order valence-corrected chi connectivity index (χ0v) is 20.5. The molecule has 0 aliphatic carbocycles. The van der Waals surface area contributed by atoms with E-state index < -0.39 is 0 Å². The van der Waals surface area contributed by atoms with Gasteiger partial charge in [-0.15, -0.1) is 0 Å². The summed E-state index contributed by atoms with van der Waals surface area (Å²) in [6.45, 7) is 3.76. The van der Waals surface area contributed by atoms with Gasteiger partial charge in [-0.3, -0.25) is 4.90 Å². The lowest BCUT2D eigenvalue weighted by Crippen LogP contribution is -2.39. The number of nitrogens with zero attached hydrogens (tertiary/aromatic N) is 2. The molecule has 4 rings (SSSR count). The van der Waals surface area contributed by atoms with E-state index in [9.17, 15) is 0 Å². The molecule has 0 aliphatic heterocycles. The summed E-state index contributed by atoms with van der Waals surface area (Å²) in [7, 11) is 3.30. The van der Waals surface area contributed by atoms with E-state index in [1.807, 2.05) is 18.2 Å². The standard InChI is InChI=1S/C31H33N2O2/c1-34-30-16-15-27(23-31(30)35-2)14-13-26-17-19-32(20-18-26)21-22-33(24-28-9-5-3-6-10-28)25-29-11-7-4-8-12-29/h3-20,23H,21-22,24-25H2,1-2H3/q+1. The fraction of sp³-hybridized carbons (Fsp3) is 0.194. The van der Waals surface area contributed by atoms with Crippen LogP contribution in [-0.2, 0) is 19.6 Å². The summed E-state index contributed by atoms with van der Waals surface area (Å²) >= 11 is 0. The highest BCUT2D eigenvalue weighted by Gasteiger charge is 2.10. The van der Waals surface area contributed by atoms with Crippen LogP contribution >= 0.6 is 0 Å². The van der Waals surface area contributed by atoms with E-state index in [0.29, 0.717) is 0 Å². The van der Waals surface area contributed by atoms with Crippen molar-refractivity contribution in [3.05, 3.63) is 126 Å². The van der Waals surface area contributed by atoms with Crippen LogP contribution in [-0.4, -0.2) is 25.7 Å². The minimum atomic E-state index is 0.733. The third kappa shape index (κ3) is 7.29. The van der Waals surface area contributed by atoms with Crippen LogP contribution < -0.4 is 14.0 Å². The van der Waals surface area contributed by atoms with Crippen molar-refractivity contribution in [3.8, 4) is 11.5 Å². The zero-order valence-electron chi connectivity index (χ0n) is 20.5. The highest BCUT2D eigenvalue weighted by atomic mass is 16.5. The molecule has 1 heterocycles. The van der Waals surface area contributed by atoms with E-state index in [1.54, 1.807) is 14.2 Å². The second-order valence-electron chi connectivity index (χ2n) is 8.50. The molecule has 178 valence electrons. The summed E-state index contributed by atoms with van der Waals surface area (Å²) in [5.41, 5.74) is 4.89. The molecule has 4 heteroatoms. The average molecular weight is 466 g/mol. The number of aromatic nitrogens is 1. The Balaban J connectivity index is 1.38. The van der Waals surface area contributed by atoms with E-state index in [2.05, 4.69) is 107 Å². The van der Waals surface area contributed by atoms with E-state index in [0.717, 1.165) is 48.8 Å². The molecule has 1 aromatic heterocycles. The largest absolute Gasteiger partial charge is 0.493 e. The molecule has 35 heavy (non-hydrogen) atoms. The number of hydrogen-bond acceptors (Lipinski definition) is 3.